The van der Waals surface area contributed by atoms with Crippen LogP contribution in [-0.2, 0) is 21.2 Å². The molecular formula is C15H15NO6S2. The highest BCUT2D eigenvalue weighted by Crippen LogP contribution is 2.44. The minimum atomic E-state index is -3.74. The molecule has 3 rings (SSSR count). The van der Waals surface area contributed by atoms with Crippen molar-refractivity contribution < 1.29 is 27.8 Å². The van der Waals surface area contributed by atoms with Crippen molar-refractivity contribution in [1.82, 2.24) is 0 Å². The second-order valence-corrected chi connectivity index (χ2v) is 8.06. The van der Waals surface area contributed by atoms with Gasteiger partial charge in [0, 0.05) is 6.42 Å². The number of aryl methyl sites for hydroxylation is 1. The molecule has 0 aliphatic carbocycles. The van der Waals surface area contributed by atoms with E-state index in [-0.39, 0.29) is 29.5 Å². The van der Waals surface area contributed by atoms with Crippen LogP contribution in [-0.4, -0.2) is 26.3 Å². The van der Waals surface area contributed by atoms with Crippen molar-refractivity contribution >= 4 is 33.0 Å². The third kappa shape index (κ3) is 3.17. The van der Waals surface area contributed by atoms with Gasteiger partial charge in [-0.1, -0.05) is 6.07 Å². The number of sulfonamides is 1. The first kappa shape index (κ1) is 16.6. The number of hydrogen-bond donors (Lipinski definition) is 2. The average molecular weight is 369 g/mol. The standard InChI is InChI=1S/C15H15NO6S2/c1-9-10(4-5-12(17)18)7-11(15-14(9)21-8-22-15)16-24(19,20)13-3-2-6-23-13/h2-3,6-7,16H,4-5,8H2,1H3,(H,17,18). The van der Waals surface area contributed by atoms with E-state index >= 15 is 0 Å². The lowest BCUT2D eigenvalue weighted by Crippen LogP contribution is -2.12. The molecule has 0 spiro atoms. The number of anilines is 1. The first-order chi connectivity index (χ1) is 11.4. The van der Waals surface area contributed by atoms with E-state index in [1.165, 1.54) is 6.07 Å². The fraction of sp³-hybridized carbons (Fsp3) is 0.267. The summed E-state index contributed by atoms with van der Waals surface area (Å²) >= 11 is 1.10. The van der Waals surface area contributed by atoms with E-state index < -0.39 is 16.0 Å². The van der Waals surface area contributed by atoms with Crippen LogP contribution in [0.1, 0.15) is 17.5 Å². The van der Waals surface area contributed by atoms with Crippen LogP contribution in [0.15, 0.2) is 27.8 Å². The van der Waals surface area contributed by atoms with Crippen molar-refractivity contribution in [2.45, 2.75) is 24.0 Å². The number of ether oxygens (including phenoxy) is 2. The van der Waals surface area contributed by atoms with E-state index in [2.05, 4.69) is 4.72 Å². The molecule has 2 aromatic rings. The second-order valence-electron chi connectivity index (χ2n) is 5.20. The van der Waals surface area contributed by atoms with Gasteiger partial charge < -0.3 is 14.6 Å². The molecule has 0 fully saturated rings. The van der Waals surface area contributed by atoms with Crippen LogP contribution < -0.4 is 14.2 Å². The number of nitrogens with one attached hydrogen (secondary N) is 1. The van der Waals surface area contributed by atoms with Gasteiger partial charge in [0.15, 0.2) is 11.5 Å². The van der Waals surface area contributed by atoms with E-state index in [0.29, 0.717) is 17.1 Å². The topological polar surface area (TPSA) is 102 Å². The SMILES string of the molecule is Cc1c(CCC(=O)O)cc(NS(=O)(=O)c2cccs2)c2c1OCO2. The summed E-state index contributed by atoms with van der Waals surface area (Å²) in [6, 6.07) is 4.76. The minimum Gasteiger partial charge on any atom is -0.481 e. The van der Waals surface area contributed by atoms with Crippen LogP contribution in [0.5, 0.6) is 11.5 Å². The molecule has 0 radical (unpaired) electrons. The number of rotatable bonds is 6. The van der Waals surface area contributed by atoms with Gasteiger partial charge in [-0.05, 0) is 42.0 Å². The van der Waals surface area contributed by atoms with Gasteiger partial charge in [-0.2, -0.15) is 0 Å². The maximum atomic E-state index is 12.4. The van der Waals surface area contributed by atoms with E-state index in [9.17, 15) is 13.2 Å². The van der Waals surface area contributed by atoms with Crippen molar-refractivity contribution in [3.8, 4) is 11.5 Å². The molecule has 1 aromatic heterocycles. The van der Waals surface area contributed by atoms with Gasteiger partial charge in [-0.3, -0.25) is 9.52 Å². The van der Waals surface area contributed by atoms with Crippen LogP contribution in [0.2, 0.25) is 0 Å². The molecule has 0 atom stereocenters. The summed E-state index contributed by atoms with van der Waals surface area (Å²) in [5, 5.41) is 10.5. The lowest BCUT2D eigenvalue weighted by Gasteiger charge is -2.14. The zero-order chi connectivity index (χ0) is 17.3. The van der Waals surface area contributed by atoms with Crippen LogP contribution in [0, 0.1) is 6.92 Å². The third-order valence-corrected chi connectivity index (χ3v) is 6.37. The minimum absolute atomic E-state index is 0.00765. The summed E-state index contributed by atoms with van der Waals surface area (Å²) in [6.45, 7) is 1.79. The first-order valence-corrected chi connectivity index (χ1v) is 9.45. The zero-order valence-corrected chi connectivity index (χ0v) is 14.4. The Bertz CT molecular complexity index is 874. The third-order valence-electron chi connectivity index (χ3n) is 3.61. The molecular weight excluding hydrogens is 354 g/mol. The lowest BCUT2D eigenvalue weighted by atomic mass is 10.0. The number of thiophene rings is 1. The van der Waals surface area contributed by atoms with Crippen molar-refractivity contribution in [2.75, 3.05) is 11.5 Å². The summed E-state index contributed by atoms with van der Waals surface area (Å²) in [4.78, 5) is 10.8. The Morgan fingerprint density at radius 1 is 1.38 bits per heavy atom. The normalized spacial score (nSPS) is 13.0. The number of aliphatic carboxylic acids is 1. The highest BCUT2D eigenvalue weighted by Gasteiger charge is 2.26. The summed E-state index contributed by atoms with van der Waals surface area (Å²) < 4.78 is 38.4. The van der Waals surface area contributed by atoms with Crippen LogP contribution in [0.4, 0.5) is 5.69 Å². The molecule has 24 heavy (non-hydrogen) atoms. The molecule has 0 saturated carbocycles. The highest BCUT2D eigenvalue weighted by molar-refractivity contribution is 7.94. The van der Waals surface area contributed by atoms with E-state index in [0.717, 1.165) is 16.9 Å². The molecule has 9 heteroatoms. The summed E-state index contributed by atoms with van der Waals surface area (Å²) in [5.41, 5.74) is 1.70. The summed E-state index contributed by atoms with van der Waals surface area (Å²) in [7, 11) is -3.74. The van der Waals surface area contributed by atoms with E-state index in [4.69, 9.17) is 14.6 Å². The largest absolute Gasteiger partial charge is 0.481 e. The van der Waals surface area contributed by atoms with Gasteiger partial charge in [0.1, 0.15) is 4.21 Å². The highest BCUT2D eigenvalue weighted by atomic mass is 32.2. The lowest BCUT2D eigenvalue weighted by molar-refractivity contribution is -0.136. The Labute approximate surface area is 142 Å². The van der Waals surface area contributed by atoms with Gasteiger partial charge in [0.05, 0.1) is 5.69 Å². The Balaban J connectivity index is 2.00. The Kier molecular flexibility index (Phi) is 4.37. The molecule has 1 aliphatic heterocycles. The van der Waals surface area contributed by atoms with Gasteiger partial charge in [-0.25, -0.2) is 8.42 Å². The average Bonchev–Trinajstić information content (AvgIpc) is 3.20. The molecule has 7 nitrogen and oxygen atoms in total. The van der Waals surface area contributed by atoms with Crippen molar-refractivity contribution in [3.63, 3.8) is 0 Å². The predicted molar refractivity (Wildman–Crippen MR) is 88.4 cm³/mol. The van der Waals surface area contributed by atoms with Crippen molar-refractivity contribution in [2.24, 2.45) is 0 Å². The van der Waals surface area contributed by atoms with Crippen molar-refractivity contribution in [3.05, 3.63) is 34.7 Å². The molecule has 0 bridgehead atoms. The number of fused-ring (bicyclic) bond motifs is 1. The number of carboxylic acid groups (broad SMARTS) is 1. The molecule has 128 valence electrons. The maximum Gasteiger partial charge on any atom is 0.303 e. The van der Waals surface area contributed by atoms with Gasteiger partial charge in [0.2, 0.25) is 6.79 Å². The Morgan fingerprint density at radius 2 is 2.12 bits per heavy atom. The second kappa shape index (κ2) is 6.33. The van der Waals surface area contributed by atoms with Gasteiger partial charge in [0.25, 0.3) is 10.0 Å². The molecule has 2 N–H and O–H groups in total. The number of benzene rings is 1. The van der Waals surface area contributed by atoms with Crippen molar-refractivity contribution in [1.29, 1.82) is 0 Å². The van der Waals surface area contributed by atoms with E-state index in [1.54, 1.807) is 24.4 Å². The van der Waals surface area contributed by atoms with Crippen LogP contribution in [0.3, 0.4) is 0 Å². The van der Waals surface area contributed by atoms with Crippen LogP contribution in [0.25, 0.3) is 0 Å². The first-order valence-electron chi connectivity index (χ1n) is 7.08. The molecule has 1 aliphatic rings. The molecule has 1 aromatic carbocycles. The molecule has 0 unspecified atom stereocenters. The van der Waals surface area contributed by atoms with Gasteiger partial charge >= 0.3 is 5.97 Å². The van der Waals surface area contributed by atoms with E-state index in [1.807, 2.05) is 0 Å². The number of hydrogen-bond acceptors (Lipinski definition) is 6. The van der Waals surface area contributed by atoms with Gasteiger partial charge in [-0.15, -0.1) is 11.3 Å². The number of carbonyl (C=O) groups is 1. The maximum absolute atomic E-state index is 12.4. The molecule has 2 heterocycles. The smallest absolute Gasteiger partial charge is 0.303 e. The Hall–Kier alpha value is -2.26. The van der Waals surface area contributed by atoms with Crippen LogP contribution >= 0.6 is 11.3 Å². The molecule has 0 amide bonds. The zero-order valence-electron chi connectivity index (χ0n) is 12.7. The predicted octanol–water partition coefficient (Wildman–Crippen LogP) is 2.60. The molecule has 0 saturated heterocycles. The fourth-order valence-electron chi connectivity index (χ4n) is 2.44. The summed E-state index contributed by atoms with van der Waals surface area (Å²) in [5.74, 6) is -0.152. The fourth-order valence-corrected chi connectivity index (χ4v) is 4.49. The number of carboxylic acids is 1. The summed E-state index contributed by atoms with van der Waals surface area (Å²) in [6.07, 6.45) is 0.211. The quantitative estimate of drug-likeness (QED) is 0.811. The Morgan fingerprint density at radius 3 is 2.79 bits per heavy atom. The monoisotopic (exact) mass is 369 g/mol.